The van der Waals surface area contributed by atoms with Gasteiger partial charge in [0.1, 0.15) is 11.9 Å². The zero-order valence-corrected chi connectivity index (χ0v) is 16.2. The Morgan fingerprint density at radius 2 is 2.04 bits per heavy atom. The van der Waals surface area contributed by atoms with Crippen LogP contribution in [0.3, 0.4) is 0 Å². The van der Waals surface area contributed by atoms with Crippen molar-refractivity contribution in [3.05, 3.63) is 30.6 Å². The van der Waals surface area contributed by atoms with Gasteiger partial charge in [-0.1, -0.05) is 30.2 Å². The Hall–Kier alpha value is -2.48. The van der Waals surface area contributed by atoms with Gasteiger partial charge in [0.25, 0.3) is 0 Å². The molecule has 1 fully saturated rings. The number of halogens is 1. The summed E-state index contributed by atoms with van der Waals surface area (Å²) >= 11 is 1.37. The molecule has 0 bridgehead atoms. The van der Waals surface area contributed by atoms with Crippen molar-refractivity contribution in [2.75, 3.05) is 11.9 Å². The molecule has 1 saturated carbocycles. The number of phenols is 1. The van der Waals surface area contributed by atoms with E-state index in [2.05, 4.69) is 15.3 Å². The summed E-state index contributed by atoms with van der Waals surface area (Å²) in [5.41, 5.74) is 2.44. The van der Waals surface area contributed by atoms with Crippen LogP contribution in [0.1, 0.15) is 25.7 Å². The number of phenolic OH excluding ortho intramolecular Hbond substituents is 1. The van der Waals surface area contributed by atoms with Crippen molar-refractivity contribution in [3.8, 4) is 27.4 Å². The molecule has 1 N–H and O–H groups in total. The first kappa shape index (κ1) is 17.9. The molecule has 0 amide bonds. The summed E-state index contributed by atoms with van der Waals surface area (Å²) < 4.78 is 16.0. The van der Waals surface area contributed by atoms with Gasteiger partial charge in [-0.05, 0) is 30.5 Å². The maximum absolute atomic E-state index is 14.3. The first-order chi connectivity index (χ1) is 13.0. The minimum Gasteiger partial charge on any atom is -0.507 e. The molecule has 4 rings (SSSR count). The average molecular weight is 387 g/mol. The number of hydrogen-bond donors (Lipinski definition) is 1. The summed E-state index contributed by atoms with van der Waals surface area (Å²) in [7, 11) is 3.73. The molecule has 1 aromatic carbocycles. The molecule has 8 heteroatoms. The van der Waals surface area contributed by atoms with Crippen molar-refractivity contribution in [2.45, 2.75) is 37.9 Å². The lowest BCUT2D eigenvalue weighted by molar-refractivity contribution is 0.213. The maximum atomic E-state index is 14.3. The van der Waals surface area contributed by atoms with Crippen LogP contribution in [0, 0.1) is 0 Å². The number of rotatable bonds is 4. The van der Waals surface area contributed by atoms with Crippen LogP contribution in [0.25, 0.3) is 21.7 Å². The third kappa shape index (κ3) is 3.53. The van der Waals surface area contributed by atoms with Gasteiger partial charge in [-0.25, -0.2) is 4.39 Å². The molecule has 2 aromatic heterocycles. The van der Waals surface area contributed by atoms with Gasteiger partial charge in [0.2, 0.25) is 5.13 Å². The molecule has 0 radical (unpaired) electrons. The van der Waals surface area contributed by atoms with E-state index < -0.39 is 6.17 Å². The van der Waals surface area contributed by atoms with Crippen LogP contribution in [0.5, 0.6) is 5.75 Å². The fraction of sp³-hybridized carbons (Fsp3) is 0.421. The molecular weight excluding hydrogens is 365 g/mol. The van der Waals surface area contributed by atoms with Gasteiger partial charge in [0.05, 0.1) is 17.8 Å². The molecule has 6 nitrogen and oxygen atoms in total. The number of benzene rings is 1. The van der Waals surface area contributed by atoms with E-state index in [1.54, 1.807) is 16.9 Å². The third-order valence-corrected chi connectivity index (χ3v) is 6.17. The fourth-order valence-electron chi connectivity index (χ4n) is 3.57. The zero-order chi connectivity index (χ0) is 19.0. The number of aryl methyl sites for hydroxylation is 1. The largest absolute Gasteiger partial charge is 0.507 e. The van der Waals surface area contributed by atoms with E-state index >= 15 is 0 Å². The van der Waals surface area contributed by atoms with Crippen LogP contribution in [0.4, 0.5) is 9.52 Å². The van der Waals surface area contributed by atoms with Gasteiger partial charge in [-0.2, -0.15) is 5.10 Å². The summed E-state index contributed by atoms with van der Waals surface area (Å²) in [4.78, 5) is 1.89. The van der Waals surface area contributed by atoms with Gasteiger partial charge in [-0.3, -0.25) is 4.68 Å². The minimum atomic E-state index is -0.830. The predicted molar refractivity (Wildman–Crippen MR) is 105 cm³/mol. The van der Waals surface area contributed by atoms with E-state index in [0.29, 0.717) is 22.1 Å². The van der Waals surface area contributed by atoms with E-state index in [1.165, 1.54) is 11.3 Å². The Kier molecular flexibility index (Phi) is 4.82. The molecule has 0 unspecified atom stereocenters. The number of aromatic hydroxyl groups is 1. The first-order valence-corrected chi connectivity index (χ1v) is 9.87. The fourth-order valence-corrected chi connectivity index (χ4v) is 4.47. The van der Waals surface area contributed by atoms with Gasteiger partial charge in [-0.15, -0.1) is 10.2 Å². The maximum Gasteiger partial charge on any atom is 0.208 e. The molecule has 3 aromatic rings. The number of anilines is 1. The molecule has 1 aliphatic carbocycles. The van der Waals surface area contributed by atoms with Crippen molar-refractivity contribution in [3.63, 3.8) is 0 Å². The summed E-state index contributed by atoms with van der Waals surface area (Å²) in [6, 6.07) is 5.31. The summed E-state index contributed by atoms with van der Waals surface area (Å²) in [6.07, 6.45) is 6.24. The van der Waals surface area contributed by atoms with Crippen molar-refractivity contribution in [2.24, 2.45) is 7.05 Å². The van der Waals surface area contributed by atoms with Crippen LogP contribution in [-0.2, 0) is 7.05 Å². The molecule has 2 heterocycles. The van der Waals surface area contributed by atoms with Crippen LogP contribution in [0.15, 0.2) is 30.6 Å². The molecule has 2 atom stereocenters. The molecular formula is C19H22FN5OS. The summed E-state index contributed by atoms with van der Waals surface area (Å²) in [6.45, 7) is 0. The van der Waals surface area contributed by atoms with Gasteiger partial charge in [0, 0.05) is 25.9 Å². The average Bonchev–Trinajstić information content (AvgIpc) is 3.31. The van der Waals surface area contributed by atoms with E-state index in [9.17, 15) is 9.50 Å². The lowest BCUT2D eigenvalue weighted by Gasteiger charge is -2.33. The molecule has 0 aliphatic heterocycles. The van der Waals surface area contributed by atoms with Gasteiger partial charge < -0.3 is 10.0 Å². The molecule has 0 saturated heterocycles. The quantitative estimate of drug-likeness (QED) is 0.732. The highest BCUT2D eigenvalue weighted by Gasteiger charge is 2.30. The Labute approximate surface area is 161 Å². The molecule has 142 valence electrons. The molecule has 0 spiro atoms. The topological polar surface area (TPSA) is 67.1 Å². The van der Waals surface area contributed by atoms with Gasteiger partial charge in [0.15, 0.2) is 5.01 Å². The van der Waals surface area contributed by atoms with E-state index in [-0.39, 0.29) is 11.8 Å². The highest BCUT2D eigenvalue weighted by molar-refractivity contribution is 7.18. The van der Waals surface area contributed by atoms with Crippen LogP contribution in [0.2, 0.25) is 0 Å². The second-order valence-corrected chi connectivity index (χ2v) is 7.96. The third-order valence-electron chi connectivity index (χ3n) is 5.13. The molecule has 27 heavy (non-hydrogen) atoms. The van der Waals surface area contributed by atoms with Gasteiger partial charge >= 0.3 is 0 Å². The van der Waals surface area contributed by atoms with Crippen LogP contribution in [-0.4, -0.2) is 44.3 Å². The lowest BCUT2D eigenvalue weighted by Crippen LogP contribution is -2.41. The summed E-state index contributed by atoms with van der Waals surface area (Å²) in [5.74, 6) is 0.141. The number of alkyl halides is 1. The standard InChI is InChI=1S/C19H22FN5OS/c1-24-11-13(10-21-24)12-7-8-14(17(26)9-12)18-22-23-19(27-18)25(2)16-6-4-3-5-15(16)20/h7-11,15-16,26H,3-6H2,1-2H3/t15-,16+/m0/s1. The van der Waals surface area contributed by atoms with Crippen molar-refractivity contribution < 1.29 is 9.50 Å². The monoisotopic (exact) mass is 387 g/mol. The lowest BCUT2D eigenvalue weighted by atomic mass is 9.93. The SMILES string of the molecule is CN(c1nnc(-c2ccc(-c3cnn(C)c3)cc2O)s1)[C@@H]1CCCC[C@@H]1F. The minimum absolute atomic E-state index is 0.141. The Balaban J connectivity index is 1.57. The van der Waals surface area contributed by atoms with E-state index in [0.717, 1.165) is 30.4 Å². The highest BCUT2D eigenvalue weighted by Crippen LogP contribution is 2.38. The Morgan fingerprint density at radius 1 is 1.22 bits per heavy atom. The number of aromatic nitrogens is 4. The van der Waals surface area contributed by atoms with E-state index in [1.807, 2.05) is 37.3 Å². The zero-order valence-electron chi connectivity index (χ0n) is 15.3. The van der Waals surface area contributed by atoms with Crippen molar-refractivity contribution in [1.29, 1.82) is 0 Å². The van der Waals surface area contributed by atoms with Crippen LogP contribution < -0.4 is 4.90 Å². The van der Waals surface area contributed by atoms with E-state index in [4.69, 9.17) is 0 Å². The first-order valence-electron chi connectivity index (χ1n) is 9.06. The molecule has 1 aliphatic rings. The summed E-state index contributed by atoms with van der Waals surface area (Å²) in [5, 5.41) is 24.4. The highest BCUT2D eigenvalue weighted by atomic mass is 32.1. The Bertz CT molecular complexity index is 940. The Morgan fingerprint density at radius 3 is 2.74 bits per heavy atom. The number of hydrogen-bond acceptors (Lipinski definition) is 6. The van der Waals surface area contributed by atoms with Crippen LogP contribution >= 0.6 is 11.3 Å². The second kappa shape index (κ2) is 7.26. The normalized spacial score (nSPS) is 20.0. The van der Waals surface area contributed by atoms with Crippen molar-refractivity contribution in [1.82, 2.24) is 20.0 Å². The van der Waals surface area contributed by atoms with Crippen molar-refractivity contribution >= 4 is 16.5 Å². The second-order valence-electron chi connectivity index (χ2n) is 7.00. The predicted octanol–water partition coefficient (Wildman–Crippen LogP) is 4.03. The number of nitrogens with zero attached hydrogens (tertiary/aromatic N) is 5. The smallest absolute Gasteiger partial charge is 0.208 e.